The van der Waals surface area contributed by atoms with Gasteiger partial charge in [0.2, 0.25) is 0 Å². The number of thiol groups is 1. The number of rotatable bonds is 16. The van der Waals surface area contributed by atoms with Gasteiger partial charge in [0.05, 0.1) is 7.11 Å². The summed E-state index contributed by atoms with van der Waals surface area (Å²) < 4.78 is 9.71. The molecule has 2 N–H and O–H groups in total. The average Bonchev–Trinajstić information content (AvgIpc) is 2.62. The highest BCUT2D eigenvalue weighted by atomic mass is 32.1. The topological polar surface area (TPSA) is 91.0 Å². The summed E-state index contributed by atoms with van der Waals surface area (Å²) in [5.41, 5.74) is 5.60. The van der Waals surface area contributed by atoms with Crippen molar-refractivity contribution in [2.75, 3.05) is 13.7 Å². The molecule has 0 aliphatic carbocycles. The lowest BCUT2D eigenvalue weighted by Crippen LogP contribution is -2.23. The summed E-state index contributed by atoms with van der Waals surface area (Å²) in [5, 5.41) is 0. The van der Waals surface area contributed by atoms with E-state index >= 15 is 0 Å². The van der Waals surface area contributed by atoms with Gasteiger partial charge in [-0.05, 0) is 39.7 Å². The van der Waals surface area contributed by atoms with Crippen molar-refractivity contribution in [1.29, 1.82) is 0 Å². The van der Waals surface area contributed by atoms with Crippen LogP contribution in [0, 0.1) is 0 Å². The fourth-order valence-corrected chi connectivity index (χ4v) is 2.95. The largest absolute Gasteiger partial charge is 0.465 e. The van der Waals surface area contributed by atoms with Crippen LogP contribution in [-0.2, 0) is 14.3 Å². The second kappa shape index (κ2) is 16.8. The number of carbonyl (C=O) groups is 2. The van der Waals surface area contributed by atoms with Crippen LogP contribution < -0.4 is 5.73 Å². The molecule has 0 fully saturated rings. The Bertz CT molecular complexity index is 462. The number of unbranched alkanes of at least 4 members (excludes halogenated alkanes) is 11. The first kappa shape index (κ1) is 26.9. The number of hydrogen-bond acceptors (Lipinski definition) is 6. The number of hydrogen-bond donors (Lipinski definition) is 2. The molecule has 0 bridgehead atoms. The van der Waals surface area contributed by atoms with E-state index in [1.54, 1.807) is 13.8 Å². The molecule has 0 aromatic heterocycles. The van der Waals surface area contributed by atoms with E-state index in [2.05, 4.69) is 17.6 Å². The van der Waals surface area contributed by atoms with E-state index < -0.39 is 17.0 Å². The zero-order chi connectivity index (χ0) is 21.3. The van der Waals surface area contributed by atoms with E-state index in [1.165, 1.54) is 58.5 Å². The van der Waals surface area contributed by atoms with Gasteiger partial charge in [0.25, 0.3) is 0 Å². The first-order valence-corrected chi connectivity index (χ1v) is 11.1. The summed E-state index contributed by atoms with van der Waals surface area (Å²) in [6.07, 6.45) is 13.9. The third-order valence-electron chi connectivity index (χ3n) is 4.35. The molecule has 0 atom stereocenters. The van der Waals surface area contributed by atoms with Gasteiger partial charge in [-0.3, -0.25) is 0 Å². The minimum atomic E-state index is -0.938. The molecule has 0 unspecified atom stereocenters. The molecule has 0 radical (unpaired) electrons. The van der Waals surface area contributed by atoms with Crippen LogP contribution in [0.3, 0.4) is 0 Å². The summed E-state index contributed by atoms with van der Waals surface area (Å²) in [4.78, 5) is 26.3. The van der Waals surface area contributed by atoms with Crippen LogP contribution in [0.5, 0.6) is 0 Å². The molecule has 6 nitrogen and oxygen atoms in total. The summed E-state index contributed by atoms with van der Waals surface area (Å²) in [5.74, 6) is -0.583. The van der Waals surface area contributed by atoms with Crippen molar-refractivity contribution in [3.05, 3.63) is 0 Å². The van der Waals surface area contributed by atoms with Crippen molar-refractivity contribution in [2.45, 2.75) is 102 Å². The molecule has 0 rings (SSSR count). The van der Waals surface area contributed by atoms with Crippen molar-refractivity contribution in [1.82, 2.24) is 0 Å². The van der Waals surface area contributed by atoms with Gasteiger partial charge < -0.3 is 15.2 Å². The molecule has 0 aromatic rings. The smallest absolute Gasteiger partial charge is 0.435 e. The van der Waals surface area contributed by atoms with Gasteiger partial charge in [0, 0.05) is 0 Å². The van der Waals surface area contributed by atoms with Crippen LogP contribution in [0.2, 0.25) is 0 Å². The third-order valence-corrected chi connectivity index (χ3v) is 4.44. The third kappa shape index (κ3) is 17.0. The Hall–Kier alpha value is -1.08. The van der Waals surface area contributed by atoms with Crippen LogP contribution in [0.15, 0.2) is 4.99 Å². The average molecular weight is 417 g/mol. The highest BCUT2D eigenvalue weighted by molar-refractivity contribution is 7.81. The lowest BCUT2D eigenvalue weighted by atomic mass is 10.0. The van der Waals surface area contributed by atoms with Crippen molar-refractivity contribution < 1.29 is 19.1 Å². The minimum Gasteiger partial charge on any atom is -0.465 e. The van der Waals surface area contributed by atoms with Crippen molar-refractivity contribution in [2.24, 2.45) is 10.7 Å². The second-order valence-corrected chi connectivity index (χ2v) is 8.72. The number of nitrogens with two attached hydrogens (primary N) is 1. The standard InChI is InChI=1S/C21H40N2O4S/c1-21(2,28)27-20(25)23-18(19(24)26-3)16-14-12-10-8-6-4-5-7-9-11-13-15-17-22/h28H,4-17,22H2,1-3H3/b23-18+. The van der Waals surface area contributed by atoms with E-state index in [-0.39, 0.29) is 5.71 Å². The van der Waals surface area contributed by atoms with Gasteiger partial charge in [0.1, 0.15) is 5.71 Å². The molecule has 0 heterocycles. The Balaban J connectivity index is 3.86. The minimum absolute atomic E-state index is 0.111. The molecule has 0 saturated carbocycles. The summed E-state index contributed by atoms with van der Waals surface area (Å²) in [7, 11) is 1.28. The monoisotopic (exact) mass is 416 g/mol. The second-order valence-electron chi connectivity index (χ2n) is 7.65. The Labute approximate surface area is 176 Å². The van der Waals surface area contributed by atoms with Gasteiger partial charge in [-0.2, -0.15) is 4.99 Å². The predicted octanol–water partition coefficient (Wildman–Crippen LogP) is 5.43. The molecule has 164 valence electrons. The molecule has 0 spiro atoms. The fourth-order valence-electron chi connectivity index (χ4n) is 2.87. The SMILES string of the molecule is COC(=O)/C(CCCCCCCCCCCCCCN)=N/C(=O)OC(C)(C)S. The Morgan fingerprint density at radius 1 is 0.857 bits per heavy atom. The molecule has 0 saturated heterocycles. The van der Waals surface area contributed by atoms with E-state index in [0.717, 1.165) is 32.2 Å². The lowest BCUT2D eigenvalue weighted by molar-refractivity contribution is -0.132. The number of aliphatic imine (C=N–C) groups is 1. The van der Waals surface area contributed by atoms with Crippen molar-refractivity contribution >= 4 is 30.4 Å². The molecule has 1 amide bonds. The first-order valence-electron chi connectivity index (χ1n) is 10.6. The maximum Gasteiger partial charge on any atom is 0.435 e. The molecule has 7 heteroatoms. The van der Waals surface area contributed by atoms with Crippen LogP contribution >= 0.6 is 12.6 Å². The Morgan fingerprint density at radius 2 is 1.29 bits per heavy atom. The van der Waals surface area contributed by atoms with Crippen LogP contribution in [0.4, 0.5) is 4.79 Å². The van der Waals surface area contributed by atoms with Crippen LogP contribution in [0.25, 0.3) is 0 Å². The number of carbonyl (C=O) groups excluding carboxylic acids is 2. The van der Waals surface area contributed by atoms with Gasteiger partial charge in [-0.15, -0.1) is 12.6 Å². The quantitative estimate of drug-likeness (QED) is 0.115. The molecular formula is C21H40N2O4S. The Kier molecular flexibility index (Phi) is 16.2. The highest BCUT2D eigenvalue weighted by Gasteiger charge is 2.19. The Morgan fingerprint density at radius 3 is 1.68 bits per heavy atom. The summed E-state index contributed by atoms with van der Waals surface area (Å²) in [6, 6.07) is 0. The van der Waals surface area contributed by atoms with Gasteiger partial charge >= 0.3 is 12.1 Å². The van der Waals surface area contributed by atoms with E-state index in [4.69, 9.17) is 15.2 Å². The first-order chi connectivity index (χ1) is 13.3. The number of methoxy groups -OCH3 is 1. The summed E-state index contributed by atoms with van der Waals surface area (Å²) >= 11 is 4.12. The van der Waals surface area contributed by atoms with Gasteiger partial charge in [-0.1, -0.05) is 64.2 Å². The fraction of sp³-hybridized carbons (Fsp3) is 0.857. The molecule has 28 heavy (non-hydrogen) atoms. The van der Waals surface area contributed by atoms with E-state index in [0.29, 0.717) is 6.42 Å². The van der Waals surface area contributed by atoms with Gasteiger partial charge in [0.15, 0.2) is 4.93 Å². The number of esters is 1. The molecule has 0 aliphatic heterocycles. The number of ether oxygens (including phenoxy) is 2. The maximum atomic E-state index is 11.8. The van der Waals surface area contributed by atoms with Gasteiger partial charge in [-0.25, -0.2) is 9.59 Å². The van der Waals surface area contributed by atoms with Crippen LogP contribution in [0.1, 0.15) is 97.3 Å². The zero-order valence-electron chi connectivity index (χ0n) is 18.0. The lowest BCUT2D eigenvalue weighted by Gasteiger charge is -2.16. The molecule has 0 aliphatic rings. The van der Waals surface area contributed by atoms with E-state index in [9.17, 15) is 9.59 Å². The molecule has 0 aromatic carbocycles. The summed E-state index contributed by atoms with van der Waals surface area (Å²) in [6.45, 7) is 4.07. The van der Waals surface area contributed by atoms with E-state index in [1.807, 2.05) is 0 Å². The van der Waals surface area contributed by atoms with Crippen molar-refractivity contribution in [3.63, 3.8) is 0 Å². The predicted molar refractivity (Wildman–Crippen MR) is 118 cm³/mol. The highest BCUT2D eigenvalue weighted by Crippen LogP contribution is 2.16. The van der Waals surface area contributed by atoms with Crippen molar-refractivity contribution in [3.8, 4) is 0 Å². The molecular weight excluding hydrogens is 376 g/mol. The van der Waals surface area contributed by atoms with Crippen LogP contribution in [-0.4, -0.2) is 36.4 Å². The number of nitrogens with zero attached hydrogens (tertiary/aromatic N) is 1. The maximum absolute atomic E-state index is 11.8. The zero-order valence-corrected chi connectivity index (χ0v) is 18.9. The normalized spacial score (nSPS) is 12.1. The number of amides is 1.